The zero-order chi connectivity index (χ0) is 17.5. The van der Waals surface area contributed by atoms with Gasteiger partial charge in [0.2, 0.25) is 0 Å². The van der Waals surface area contributed by atoms with Crippen LogP contribution in [0.2, 0.25) is 0 Å². The third-order valence-electron chi connectivity index (χ3n) is 4.26. The van der Waals surface area contributed by atoms with E-state index in [4.69, 9.17) is 4.74 Å². The number of aryl methyl sites for hydroxylation is 1. The predicted octanol–water partition coefficient (Wildman–Crippen LogP) is 2.19. The van der Waals surface area contributed by atoms with Crippen LogP contribution in [0.25, 0.3) is 0 Å². The quantitative estimate of drug-likeness (QED) is 0.889. The van der Waals surface area contributed by atoms with Crippen LogP contribution in [0.4, 0.5) is 10.6 Å². The first kappa shape index (κ1) is 18.0. The van der Waals surface area contributed by atoms with Crippen LogP contribution >= 0.6 is 0 Å². The van der Waals surface area contributed by atoms with Gasteiger partial charge in [-0.2, -0.15) is 10.4 Å². The van der Waals surface area contributed by atoms with E-state index in [1.165, 1.54) is 0 Å². The smallest absolute Gasteiger partial charge is 0.407 e. The van der Waals surface area contributed by atoms with Crippen molar-refractivity contribution in [1.82, 2.24) is 15.5 Å². The average molecular weight is 331 g/mol. The maximum Gasteiger partial charge on any atom is 0.407 e. The molecule has 0 spiro atoms. The molecule has 1 aromatic heterocycles. The summed E-state index contributed by atoms with van der Waals surface area (Å²) < 4.78 is 4.95. The summed E-state index contributed by atoms with van der Waals surface area (Å²) in [4.78, 5) is 13.7. The van der Waals surface area contributed by atoms with Gasteiger partial charge in [0, 0.05) is 19.1 Å². The molecule has 7 heteroatoms. The number of nitrogens with zero attached hydrogens (tertiary/aromatic N) is 4. The number of alkyl carbamates (subject to hydrolysis) is 1. The second kappa shape index (κ2) is 8.48. The molecule has 1 N–H and O–H groups in total. The molecule has 24 heavy (non-hydrogen) atoms. The number of carbonyl (C=O) groups excluding carboxylic acids is 1. The summed E-state index contributed by atoms with van der Waals surface area (Å²) in [6.45, 7) is 7.59. The molecule has 1 aliphatic rings. The minimum absolute atomic E-state index is 0.0120. The number of aromatic nitrogens is 2. The zero-order valence-corrected chi connectivity index (χ0v) is 14.6. The van der Waals surface area contributed by atoms with Crippen molar-refractivity contribution < 1.29 is 9.53 Å². The van der Waals surface area contributed by atoms with Crippen molar-refractivity contribution in [2.45, 2.75) is 52.5 Å². The van der Waals surface area contributed by atoms with Crippen molar-refractivity contribution in [3.05, 3.63) is 16.8 Å². The molecule has 0 bridgehead atoms. The van der Waals surface area contributed by atoms with Gasteiger partial charge in [-0.1, -0.05) is 13.8 Å². The van der Waals surface area contributed by atoms with E-state index in [1.54, 1.807) is 6.92 Å². The lowest BCUT2D eigenvalue weighted by Crippen LogP contribution is -2.48. The van der Waals surface area contributed by atoms with Crippen LogP contribution in [0.1, 0.15) is 50.4 Å². The van der Waals surface area contributed by atoms with E-state index < -0.39 is 6.09 Å². The number of ether oxygens (including phenoxy) is 1. The number of amides is 1. The number of nitriles is 1. The number of nitrogens with one attached hydrogen (secondary N) is 1. The standard InChI is InChI=1S/C17H25N5O2/c1-4-13-14(10-18)16(21-20-15(13)5-2)22-9-7-8-12(11-22)19-17(23)24-6-3/h12H,4-9,11H2,1-3H3,(H,19,23). The molecule has 1 aliphatic heterocycles. The lowest BCUT2D eigenvalue weighted by molar-refractivity contribution is 0.146. The SMILES string of the molecule is CCOC(=O)NC1CCCN(c2nnc(CC)c(CC)c2C#N)C1. The van der Waals surface area contributed by atoms with Gasteiger partial charge in [0.05, 0.1) is 12.3 Å². The largest absolute Gasteiger partial charge is 0.450 e. The van der Waals surface area contributed by atoms with Gasteiger partial charge in [-0.25, -0.2) is 4.79 Å². The Labute approximate surface area is 143 Å². The number of piperidine rings is 1. The van der Waals surface area contributed by atoms with Crippen LogP contribution in [0.15, 0.2) is 0 Å². The molecule has 0 radical (unpaired) electrons. The third kappa shape index (κ3) is 3.94. The molecule has 2 rings (SSSR count). The number of hydrogen-bond donors (Lipinski definition) is 1. The highest BCUT2D eigenvalue weighted by atomic mass is 16.5. The Morgan fingerprint density at radius 1 is 1.38 bits per heavy atom. The topological polar surface area (TPSA) is 91.1 Å². The van der Waals surface area contributed by atoms with Crippen molar-refractivity contribution in [2.24, 2.45) is 0 Å². The summed E-state index contributed by atoms with van der Waals surface area (Å²) >= 11 is 0. The van der Waals surface area contributed by atoms with Gasteiger partial charge in [0.25, 0.3) is 0 Å². The molecule has 1 atom stereocenters. The van der Waals surface area contributed by atoms with Gasteiger partial charge in [0.1, 0.15) is 11.6 Å². The highest BCUT2D eigenvalue weighted by Gasteiger charge is 2.26. The van der Waals surface area contributed by atoms with Gasteiger partial charge in [0.15, 0.2) is 5.82 Å². The Kier molecular flexibility index (Phi) is 6.36. The van der Waals surface area contributed by atoms with E-state index >= 15 is 0 Å². The molecule has 1 fully saturated rings. The minimum atomic E-state index is -0.397. The fraction of sp³-hybridized carbons (Fsp3) is 0.647. The third-order valence-corrected chi connectivity index (χ3v) is 4.26. The Hall–Kier alpha value is -2.36. The van der Waals surface area contributed by atoms with Crippen LogP contribution in [0.5, 0.6) is 0 Å². The first-order valence-corrected chi connectivity index (χ1v) is 8.61. The number of hydrogen-bond acceptors (Lipinski definition) is 6. The Morgan fingerprint density at radius 2 is 2.17 bits per heavy atom. The van der Waals surface area contributed by atoms with E-state index in [-0.39, 0.29) is 6.04 Å². The highest BCUT2D eigenvalue weighted by molar-refractivity contribution is 5.68. The molecule has 0 saturated carbocycles. The maximum absolute atomic E-state index is 11.6. The van der Waals surface area contributed by atoms with Gasteiger partial charge >= 0.3 is 6.09 Å². The van der Waals surface area contributed by atoms with E-state index in [0.29, 0.717) is 24.5 Å². The molecule has 0 aromatic carbocycles. The number of rotatable bonds is 5. The molecule has 130 valence electrons. The molecular formula is C17H25N5O2. The van der Waals surface area contributed by atoms with Crippen LogP contribution in [0.3, 0.4) is 0 Å². The Balaban J connectivity index is 2.22. The second-order valence-electron chi connectivity index (χ2n) is 5.79. The first-order chi connectivity index (χ1) is 11.6. The molecule has 0 aliphatic carbocycles. The lowest BCUT2D eigenvalue weighted by atomic mass is 10.0. The highest BCUT2D eigenvalue weighted by Crippen LogP contribution is 2.25. The van der Waals surface area contributed by atoms with Crippen molar-refractivity contribution in [3.8, 4) is 6.07 Å². The van der Waals surface area contributed by atoms with Crippen molar-refractivity contribution >= 4 is 11.9 Å². The number of carbonyl (C=O) groups is 1. The summed E-state index contributed by atoms with van der Waals surface area (Å²) in [5.74, 6) is 0.627. The molecular weight excluding hydrogens is 306 g/mol. The molecule has 1 saturated heterocycles. The fourth-order valence-corrected chi connectivity index (χ4v) is 3.13. The van der Waals surface area contributed by atoms with Gasteiger partial charge in [-0.3, -0.25) is 0 Å². The van der Waals surface area contributed by atoms with E-state index in [2.05, 4.69) is 21.6 Å². The van der Waals surface area contributed by atoms with Crippen LogP contribution in [0, 0.1) is 11.3 Å². The lowest BCUT2D eigenvalue weighted by Gasteiger charge is -2.34. The van der Waals surface area contributed by atoms with Crippen LogP contribution in [-0.4, -0.2) is 42.0 Å². The monoisotopic (exact) mass is 331 g/mol. The molecule has 1 aromatic rings. The minimum Gasteiger partial charge on any atom is -0.450 e. The summed E-state index contributed by atoms with van der Waals surface area (Å²) in [6.07, 6.45) is 2.93. The summed E-state index contributed by atoms with van der Waals surface area (Å²) in [7, 11) is 0. The predicted molar refractivity (Wildman–Crippen MR) is 90.9 cm³/mol. The second-order valence-corrected chi connectivity index (χ2v) is 5.79. The fourth-order valence-electron chi connectivity index (χ4n) is 3.13. The zero-order valence-electron chi connectivity index (χ0n) is 14.6. The molecule has 1 amide bonds. The van der Waals surface area contributed by atoms with Gasteiger partial charge < -0.3 is 15.0 Å². The van der Waals surface area contributed by atoms with Crippen LogP contribution in [-0.2, 0) is 17.6 Å². The Bertz CT molecular complexity index is 626. The Morgan fingerprint density at radius 3 is 2.79 bits per heavy atom. The summed E-state index contributed by atoms with van der Waals surface area (Å²) in [6, 6.07) is 2.29. The maximum atomic E-state index is 11.6. The number of anilines is 1. The van der Waals surface area contributed by atoms with Gasteiger partial charge in [-0.05, 0) is 38.2 Å². The summed E-state index contributed by atoms with van der Waals surface area (Å²) in [5, 5.41) is 21.1. The average Bonchev–Trinajstić information content (AvgIpc) is 2.60. The summed E-state index contributed by atoms with van der Waals surface area (Å²) in [5.41, 5.74) is 2.47. The first-order valence-electron chi connectivity index (χ1n) is 8.61. The van der Waals surface area contributed by atoms with Crippen molar-refractivity contribution in [1.29, 1.82) is 5.26 Å². The molecule has 1 unspecified atom stereocenters. The van der Waals surface area contributed by atoms with Crippen LogP contribution < -0.4 is 10.2 Å². The van der Waals surface area contributed by atoms with E-state index in [1.807, 2.05) is 18.7 Å². The van der Waals surface area contributed by atoms with Gasteiger partial charge in [-0.15, -0.1) is 5.10 Å². The molecule has 2 heterocycles. The van der Waals surface area contributed by atoms with E-state index in [0.717, 1.165) is 43.5 Å². The van der Waals surface area contributed by atoms with Crippen molar-refractivity contribution in [2.75, 3.05) is 24.6 Å². The molecule has 7 nitrogen and oxygen atoms in total. The normalized spacial score (nSPS) is 17.2. The van der Waals surface area contributed by atoms with E-state index in [9.17, 15) is 10.1 Å². The van der Waals surface area contributed by atoms with Crippen molar-refractivity contribution in [3.63, 3.8) is 0 Å².